The lowest BCUT2D eigenvalue weighted by atomic mass is 9.95. The number of Topliss-reactive ketones (excluding diaryl/α,β-unsaturated/α-hetero) is 1. The third-order valence-corrected chi connectivity index (χ3v) is 3.25. The summed E-state index contributed by atoms with van der Waals surface area (Å²) in [5.74, 6) is 0.200. The summed E-state index contributed by atoms with van der Waals surface area (Å²) < 4.78 is 0. The fraction of sp³-hybridized carbons (Fsp3) is 0.500. The van der Waals surface area contributed by atoms with E-state index in [1.165, 1.54) is 32.1 Å². The first-order chi connectivity index (χ1) is 7.86. The first-order valence-electron chi connectivity index (χ1n) is 6.18. The molecule has 0 aliphatic heterocycles. The molecule has 0 saturated heterocycles. The normalized spacial score (nSPS) is 17.2. The van der Waals surface area contributed by atoms with Crippen LogP contribution in [0.2, 0.25) is 0 Å². The van der Waals surface area contributed by atoms with Crippen molar-refractivity contribution in [2.75, 3.05) is 6.54 Å². The van der Waals surface area contributed by atoms with Crippen molar-refractivity contribution < 1.29 is 4.79 Å². The highest BCUT2D eigenvalue weighted by molar-refractivity contribution is 5.97. The Kier molecular flexibility index (Phi) is 4.11. The van der Waals surface area contributed by atoms with Gasteiger partial charge < -0.3 is 5.32 Å². The van der Waals surface area contributed by atoms with E-state index in [2.05, 4.69) is 5.32 Å². The Morgan fingerprint density at radius 2 is 1.81 bits per heavy atom. The molecule has 0 heterocycles. The Morgan fingerprint density at radius 3 is 2.50 bits per heavy atom. The average molecular weight is 217 g/mol. The van der Waals surface area contributed by atoms with Gasteiger partial charge in [-0.25, -0.2) is 0 Å². The fourth-order valence-corrected chi connectivity index (χ4v) is 2.27. The van der Waals surface area contributed by atoms with Crippen molar-refractivity contribution in [1.82, 2.24) is 5.32 Å². The Bertz CT molecular complexity index is 328. The maximum absolute atomic E-state index is 11.8. The number of carbonyl (C=O) groups excluding carboxylic acids is 1. The fourth-order valence-electron chi connectivity index (χ4n) is 2.27. The third-order valence-electron chi connectivity index (χ3n) is 3.25. The summed E-state index contributed by atoms with van der Waals surface area (Å²) in [7, 11) is 0. The van der Waals surface area contributed by atoms with Gasteiger partial charge in [0.25, 0.3) is 0 Å². The van der Waals surface area contributed by atoms with E-state index in [1.807, 2.05) is 30.3 Å². The Hall–Kier alpha value is -1.15. The van der Waals surface area contributed by atoms with Crippen LogP contribution in [0, 0.1) is 0 Å². The third kappa shape index (κ3) is 3.17. The molecular formula is C14H19NO. The first kappa shape index (κ1) is 11.3. The quantitative estimate of drug-likeness (QED) is 0.786. The molecule has 2 nitrogen and oxygen atoms in total. The standard InChI is InChI=1S/C14H19NO/c16-14(12-7-3-1-4-8-12)11-15-13-9-5-2-6-10-13/h1,3-4,7-8,13,15H,2,5-6,9-11H2. The second-order valence-electron chi connectivity index (χ2n) is 4.51. The van der Waals surface area contributed by atoms with E-state index >= 15 is 0 Å². The molecule has 2 heteroatoms. The predicted octanol–water partition coefficient (Wildman–Crippen LogP) is 2.79. The molecule has 86 valence electrons. The van der Waals surface area contributed by atoms with Crippen LogP contribution in [0.5, 0.6) is 0 Å². The lowest BCUT2D eigenvalue weighted by molar-refractivity contribution is 0.0985. The second kappa shape index (κ2) is 5.80. The lowest BCUT2D eigenvalue weighted by Crippen LogP contribution is -2.35. The van der Waals surface area contributed by atoms with Gasteiger partial charge in [0.2, 0.25) is 0 Å². The van der Waals surface area contributed by atoms with Crippen LogP contribution in [0.15, 0.2) is 30.3 Å². The topological polar surface area (TPSA) is 29.1 Å². The van der Waals surface area contributed by atoms with Gasteiger partial charge in [0.15, 0.2) is 5.78 Å². The molecule has 16 heavy (non-hydrogen) atoms. The van der Waals surface area contributed by atoms with Crippen molar-refractivity contribution in [3.63, 3.8) is 0 Å². The highest BCUT2D eigenvalue weighted by Crippen LogP contribution is 2.17. The van der Waals surface area contributed by atoms with Crippen molar-refractivity contribution in [3.05, 3.63) is 35.9 Å². The van der Waals surface area contributed by atoms with Crippen molar-refractivity contribution >= 4 is 5.78 Å². The summed E-state index contributed by atoms with van der Waals surface area (Å²) >= 11 is 0. The molecule has 0 atom stereocenters. The van der Waals surface area contributed by atoms with Crippen molar-refractivity contribution in [3.8, 4) is 0 Å². The van der Waals surface area contributed by atoms with Gasteiger partial charge in [-0.2, -0.15) is 0 Å². The van der Waals surface area contributed by atoms with Crippen molar-refractivity contribution in [2.45, 2.75) is 38.1 Å². The molecule has 1 fully saturated rings. The van der Waals surface area contributed by atoms with Crippen LogP contribution >= 0.6 is 0 Å². The van der Waals surface area contributed by atoms with Crippen molar-refractivity contribution in [2.24, 2.45) is 0 Å². The summed E-state index contributed by atoms with van der Waals surface area (Å²) in [6.45, 7) is 0.481. The van der Waals surface area contributed by atoms with Crippen LogP contribution in [0.1, 0.15) is 42.5 Å². The van der Waals surface area contributed by atoms with E-state index in [9.17, 15) is 4.79 Å². The van der Waals surface area contributed by atoms with Gasteiger partial charge in [0, 0.05) is 11.6 Å². The molecule has 0 aromatic heterocycles. The summed E-state index contributed by atoms with van der Waals surface area (Å²) in [6.07, 6.45) is 6.41. The number of carbonyl (C=O) groups is 1. The van der Waals surface area contributed by atoms with Gasteiger partial charge in [0.1, 0.15) is 0 Å². The number of rotatable bonds is 4. The van der Waals surface area contributed by atoms with Crippen LogP contribution in [0.4, 0.5) is 0 Å². The summed E-state index contributed by atoms with van der Waals surface area (Å²) in [5.41, 5.74) is 0.811. The van der Waals surface area contributed by atoms with Crippen LogP contribution in [0.3, 0.4) is 0 Å². The summed E-state index contributed by atoms with van der Waals surface area (Å²) in [5, 5.41) is 3.37. The number of hydrogen-bond donors (Lipinski definition) is 1. The zero-order valence-corrected chi connectivity index (χ0v) is 9.61. The van der Waals surface area contributed by atoms with Crippen LogP contribution in [-0.4, -0.2) is 18.4 Å². The van der Waals surface area contributed by atoms with Gasteiger partial charge in [-0.3, -0.25) is 4.79 Å². The largest absolute Gasteiger partial charge is 0.307 e. The SMILES string of the molecule is O=C(CNC1CCCCC1)c1ccccc1. The molecular weight excluding hydrogens is 198 g/mol. The molecule has 1 N–H and O–H groups in total. The van der Waals surface area contributed by atoms with Crippen molar-refractivity contribution in [1.29, 1.82) is 0 Å². The average Bonchev–Trinajstić information content (AvgIpc) is 2.38. The second-order valence-corrected chi connectivity index (χ2v) is 4.51. The van der Waals surface area contributed by atoms with Gasteiger partial charge in [0.05, 0.1) is 6.54 Å². The van der Waals surface area contributed by atoms with E-state index in [0.717, 1.165) is 5.56 Å². The molecule has 1 aromatic rings. The predicted molar refractivity (Wildman–Crippen MR) is 65.6 cm³/mol. The molecule has 0 unspecified atom stereocenters. The van der Waals surface area contributed by atoms with Gasteiger partial charge in [-0.15, -0.1) is 0 Å². The maximum atomic E-state index is 11.8. The number of nitrogens with one attached hydrogen (secondary N) is 1. The van der Waals surface area contributed by atoms with Crippen LogP contribution in [-0.2, 0) is 0 Å². The number of benzene rings is 1. The maximum Gasteiger partial charge on any atom is 0.176 e. The van der Waals surface area contributed by atoms with Crippen LogP contribution in [0.25, 0.3) is 0 Å². The molecule has 0 bridgehead atoms. The molecule has 1 saturated carbocycles. The highest BCUT2D eigenvalue weighted by atomic mass is 16.1. The molecule has 0 radical (unpaired) electrons. The molecule has 1 aromatic carbocycles. The lowest BCUT2D eigenvalue weighted by Gasteiger charge is -2.22. The molecule has 1 aliphatic rings. The Balaban J connectivity index is 1.79. The van der Waals surface area contributed by atoms with Gasteiger partial charge in [-0.1, -0.05) is 49.6 Å². The van der Waals surface area contributed by atoms with Gasteiger partial charge >= 0.3 is 0 Å². The first-order valence-corrected chi connectivity index (χ1v) is 6.18. The number of hydrogen-bond acceptors (Lipinski definition) is 2. The monoisotopic (exact) mass is 217 g/mol. The highest BCUT2D eigenvalue weighted by Gasteiger charge is 2.14. The van der Waals surface area contributed by atoms with E-state index < -0.39 is 0 Å². The minimum Gasteiger partial charge on any atom is -0.307 e. The molecule has 2 rings (SSSR count). The zero-order chi connectivity index (χ0) is 11.2. The van der Waals surface area contributed by atoms with Crippen LogP contribution < -0.4 is 5.32 Å². The number of ketones is 1. The minimum absolute atomic E-state index is 0.200. The summed E-state index contributed by atoms with van der Waals surface area (Å²) in [4.78, 5) is 11.8. The Morgan fingerprint density at radius 1 is 1.12 bits per heavy atom. The minimum atomic E-state index is 0.200. The molecule has 0 spiro atoms. The van der Waals surface area contributed by atoms with E-state index in [-0.39, 0.29) is 5.78 Å². The Labute approximate surface area is 97.1 Å². The van der Waals surface area contributed by atoms with E-state index in [1.54, 1.807) is 0 Å². The van der Waals surface area contributed by atoms with Gasteiger partial charge in [-0.05, 0) is 12.8 Å². The zero-order valence-electron chi connectivity index (χ0n) is 9.61. The van der Waals surface area contributed by atoms with E-state index in [0.29, 0.717) is 12.6 Å². The van der Waals surface area contributed by atoms with E-state index in [4.69, 9.17) is 0 Å². The summed E-state index contributed by atoms with van der Waals surface area (Å²) in [6, 6.07) is 10.1. The smallest absolute Gasteiger partial charge is 0.176 e. The molecule has 1 aliphatic carbocycles. The molecule has 0 amide bonds.